The standard InChI is InChI=1S/C23H21ClF2N4O3/c1-14-20(22(28-33-14)21-17(24)3-2-4-18(21)26)23(32)30-11-9-29(10-12-30)13-19(31)27-16-7-5-15(25)6-8-16/h2-8H,9-13H2,1H3,(H,27,31). The molecule has 1 aliphatic heterocycles. The molecule has 3 aromatic rings. The van der Waals surface area contributed by atoms with Crippen LogP contribution < -0.4 is 5.32 Å². The lowest BCUT2D eigenvalue weighted by Crippen LogP contribution is -2.50. The second-order valence-electron chi connectivity index (χ2n) is 7.68. The van der Waals surface area contributed by atoms with E-state index < -0.39 is 5.82 Å². The van der Waals surface area contributed by atoms with Crippen LogP contribution in [0.1, 0.15) is 16.1 Å². The molecule has 0 bridgehead atoms. The molecule has 1 saturated heterocycles. The number of aromatic nitrogens is 1. The van der Waals surface area contributed by atoms with Gasteiger partial charge in [0.05, 0.1) is 17.1 Å². The summed E-state index contributed by atoms with van der Waals surface area (Å²) in [4.78, 5) is 29.0. The lowest BCUT2D eigenvalue weighted by atomic mass is 10.0. The zero-order valence-electron chi connectivity index (χ0n) is 17.8. The summed E-state index contributed by atoms with van der Waals surface area (Å²) in [5.74, 6) is -1.26. The molecule has 0 radical (unpaired) electrons. The number of carbonyl (C=O) groups excluding carboxylic acids is 2. The molecule has 0 atom stereocenters. The van der Waals surface area contributed by atoms with Crippen molar-refractivity contribution in [3.8, 4) is 11.3 Å². The molecule has 0 unspecified atom stereocenters. The number of rotatable bonds is 5. The summed E-state index contributed by atoms with van der Waals surface area (Å²) in [5, 5.41) is 6.74. The molecule has 0 saturated carbocycles. The molecule has 33 heavy (non-hydrogen) atoms. The van der Waals surface area contributed by atoms with Gasteiger partial charge in [-0.1, -0.05) is 22.8 Å². The Hall–Kier alpha value is -3.30. The van der Waals surface area contributed by atoms with Crippen molar-refractivity contribution >= 4 is 29.1 Å². The SMILES string of the molecule is Cc1onc(-c2c(F)cccc2Cl)c1C(=O)N1CCN(CC(=O)Nc2ccc(F)cc2)CC1. The van der Waals surface area contributed by atoms with E-state index in [2.05, 4.69) is 10.5 Å². The van der Waals surface area contributed by atoms with Gasteiger partial charge < -0.3 is 14.7 Å². The van der Waals surface area contributed by atoms with Crippen LogP contribution in [0.2, 0.25) is 5.02 Å². The second-order valence-corrected chi connectivity index (χ2v) is 8.09. The predicted octanol–water partition coefficient (Wildman–Crippen LogP) is 3.98. The number of anilines is 1. The van der Waals surface area contributed by atoms with Crippen LogP contribution >= 0.6 is 11.6 Å². The third-order valence-electron chi connectivity index (χ3n) is 5.43. The maximum absolute atomic E-state index is 14.4. The number of aryl methyl sites for hydroxylation is 1. The summed E-state index contributed by atoms with van der Waals surface area (Å²) in [6.45, 7) is 3.43. The first-order chi connectivity index (χ1) is 15.8. The molecule has 1 fully saturated rings. The normalized spacial score (nSPS) is 14.4. The molecule has 0 aliphatic carbocycles. The molecule has 1 N–H and O–H groups in total. The van der Waals surface area contributed by atoms with Gasteiger partial charge in [-0.15, -0.1) is 0 Å². The summed E-state index contributed by atoms with van der Waals surface area (Å²) < 4.78 is 32.6. The minimum absolute atomic E-state index is 0.0236. The van der Waals surface area contributed by atoms with Crippen LogP contribution in [0.4, 0.5) is 14.5 Å². The monoisotopic (exact) mass is 474 g/mol. The Balaban J connectivity index is 1.40. The average molecular weight is 475 g/mol. The van der Waals surface area contributed by atoms with Crippen molar-refractivity contribution in [3.63, 3.8) is 0 Å². The Morgan fingerprint density at radius 3 is 2.45 bits per heavy atom. The van der Waals surface area contributed by atoms with E-state index in [1.807, 2.05) is 4.90 Å². The molecular weight excluding hydrogens is 454 g/mol. The van der Waals surface area contributed by atoms with Crippen molar-refractivity contribution in [2.75, 3.05) is 38.0 Å². The van der Waals surface area contributed by atoms with Crippen molar-refractivity contribution in [2.24, 2.45) is 0 Å². The largest absolute Gasteiger partial charge is 0.360 e. The van der Waals surface area contributed by atoms with Crippen LogP contribution in [0.25, 0.3) is 11.3 Å². The molecule has 10 heteroatoms. The highest BCUT2D eigenvalue weighted by atomic mass is 35.5. The molecule has 172 valence electrons. The highest BCUT2D eigenvalue weighted by Gasteiger charge is 2.30. The molecule has 2 heterocycles. The van der Waals surface area contributed by atoms with Gasteiger partial charge in [0.1, 0.15) is 28.7 Å². The van der Waals surface area contributed by atoms with E-state index in [9.17, 15) is 18.4 Å². The number of nitrogens with one attached hydrogen (secondary N) is 1. The van der Waals surface area contributed by atoms with Gasteiger partial charge in [0, 0.05) is 31.9 Å². The number of halogens is 3. The summed E-state index contributed by atoms with van der Waals surface area (Å²) in [6.07, 6.45) is 0. The molecule has 1 aliphatic rings. The van der Waals surface area contributed by atoms with Gasteiger partial charge in [0.25, 0.3) is 5.91 Å². The maximum Gasteiger partial charge on any atom is 0.259 e. The third kappa shape index (κ3) is 5.04. The Bertz CT molecular complexity index is 1150. The molecule has 2 aromatic carbocycles. The van der Waals surface area contributed by atoms with E-state index in [-0.39, 0.29) is 51.8 Å². The van der Waals surface area contributed by atoms with E-state index in [1.165, 1.54) is 42.5 Å². The van der Waals surface area contributed by atoms with Crippen LogP contribution in [-0.4, -0.2) is 59.5 Å². The van der Waals surface area contributed by atoms with Gasteiger partial charge in [-0.2, -0.15) is 0 Å². The van der Waals surface area contributed by atoms with Crippen molar-refractivity contribution in [1.82, 2.24) is 15.0 Å². The Kier molecular flexibility index (Phi) is 6.71. The van der Waals surface area contributed by atoms with Crippen LogP contribution in [0.5, 0.6) is 0 Å². The summed E-state index contributed by atoms with van der Waals surface area (Å²) >= 11 is 6.16. The Morgan fingerprint density at radius 2 is 1.79 bits per heavy atom. The Morgan fingerprint density at radius 1 is 1.09 bits per heavy atom. The summed E-state index contributed by atoms with van der Waals surface area (Å²) in [6, 6.07) is 9.77. The highest BCUT2D eigenvalue weighted by Crippen LogP contribution is 2.34. The zero-order valence-corrected chi connectivity index (χ0v) is 18.5. The number of piperazine rings is 1. The van der Waals surface area contributed by atoms with Crippen molar-refractivity contribution < 1.29 is 22.9 Å². The Labute approximate surface area is 193 Å². The molecular formula is C23H21ClF2N4O3. The van der Waals surface area contributed by atoms with Crippen molar-refractivity contribution in [1.29, 1.82) is 0 Å². The number of benzene rings is 2. The first kappa shape index (κ1) is 22.9. The first-order valence-electron chi connectivity index (χ1n) is 10.3. The van der Waals surface area contributed by atoms with Crippen LogP contribution in [0, 0.1) is 18.6 Å². The van der Waals surface area contributed by atoms with E-state index in [0.29, 0.717) is 31.9 Å². The van der Waals surface area contributed by atoms with Crippen LogP contribution in [0.3, 0.4) is 0 Å². The average Bonchev–Trinajstić information content (AvgIpc) is 3.16. The van der Waals surface area contributed by atoms with Crippen molar-refractivity contribution in [3.05, 3.63) is 70.4 Å². The second kappa shape index (κ2) is 9.68. The zero-order chi connectivity index (χ0) is 23.5. The fraction of sp³-hybridized carbons (Fsp3) is 0.261. The lowest BCUT2D eigenvalue weighted by molar-refractivity contribution is -0.117. The summed E-state index contributed by atoms with van der Waals surface area (Å²) in [5.41, 5.74) is 0.777. The van der Waals surface area contributed by atoms with Gasteiger partial charge in [-0.25, -0.2) is 8.78 Å². The molecule has 1 aromatic heterocycles. The van der Waals surface area contributed by atoms with E-state index in [0.717, 1.165) is 0 Å². The predicted molar refractivity (Wildman–Crippen MR) is 119 cm³/mol. The number of hydrogen-bond donors (Lipinski definition) is 1. The van der Waals surface area contributed by atoms with Crippen LogP contribution in [0.15, 0.2) is 47.0 Å². The highest BCUT2D eigenvalue weighted by molar-refractivity contribution is 6.33. The van der Waals surface area contributed by atoms with Gasteiger partial charge >= 0.3 is 0 Å². The minimum Gasteiger partial charge on any atom is -0.360 e. The van der Waals surface area contributed by atoms with E-state index >= 15 is 0 Å². The number of hydrogen-bond acceptors (Lipinski definition) is 5. The smallest absolute Gasteiger partial charge is 0.259 e. The fourth-order valence-electron chi connectivity index (χ4n) is 3.72. The molecule has 4 rings (SSSR count). The van der Waals surface area contributed by atoms with Crippen LogP contribution in [-0.2, 0) is 4.79 Å². The lowest BCUT2D eigenvalue weighted by Gasteiger charge is -2.34. The first-order valence-corrected chi connectivity index (χ1v) is 10.7. The van der Waals surface area contributed by atoms with E-state index in [1.54, 1.807) is 11.8 Å². The number of carbonyl (C=O) groups is 2. The third-order valence-corrected chi connectivity index (χ3v) is 5.75. The minimum atomic E-state index is -0.596. The quantitative estimate of drug-likeness (QED) is 0.605. The van der Waals surface area contributed by atoms with Gasteiger partial charge in [0.15, 0.2) is 0 Å². The molecule has 2 amide bonds. The fourth-order valence-corrected chi connectivity index (χ4v) is 3.98. The van der Waals surface area contributed by atoms with Gasteiger partial charge in [-0.05, 0) is 43.3 Å². The van der Waals surface area contributed by atoms with Gasteiger partial charge in [0.2, 0.25) is 5.91 Å². The number of amides is 2. The molecule has 7 nitrogen and oxygen atoms in total. The topological polar surface area (TPSA) is 78.7 Å². The van der Waals surface area contributed by atoms with Gasteiger partial charge in [-0.3, -0.25) is 14.5 Å². The summed E-state index contributed by atoms with van der Waals surface area (Å²) in [7, 11) is 0. The van der Waals surface area contributed by atoms with E-state index in [4.69, 9.17) is 16.1 Å². The molecule has 0 spiro atoms. The number of nitrogens with zero attached hydrogens (tertiary/aromatic N) is 3. The maximum atomic E-state index is 14.4. The van der Waals surface area contributed by atoms with Crippen molar-refractivity contribution in [2.45, 2.75) is 6.92 Å².